The first-order valence-electron chi connectivity index (χ1n) is 5.78. The third-order valence-corrected chi connectivity index (χ3v) is 3.52. The SMILES string of the molecule is N#Cc1cn2c(=O)cc(/C=C/c3cccnc3)nc2s1. The van der Waals surface area contributed by atoms with E-state index in [0.29, 0.717) is 15.5 Å². The van der Waals surface area contributed by atoms with E-state index in [1.54, 1.807) is 18.5 Å². The van der Waals surface area contributed by atoms with Crippen molar-refractivity contribution in [3.05, 3.63) is 63.3 Å². The number of fused-ring (bicyclic) bond motifs is 1. The van der Waals surface area contributed by atoms with Crippen molar-refractivity contribution in [1.82, 2.24) is 14.4 Å². The Morgan fingerprint density at radius 2 is 2.30 bits per heavy atom. The highest BCUT2D eigenvalue weighted by Crippen LogP contribution is 2.14. The first-order chi connectivity index (χ1) is 9.76. The fraction of sp³-hybridized carbons (Fsp3) is 0. The topological polar surface area (TPSA) is 71.0 Å². The summed E-state index contributed by atoms with van der Waals surface area (Å²) >= 11 is 1.19. The molecule has 0 aliphatic rings. The second-order valence-electron chi connectivity index (χ2n) is 4.00. The lowest BCUT2D eigenvalue weighted by atomic mass is 10.2. The zero-order valence-electron chi connectivity index (χ0n) is 10.2. The van der Waals surface area contributed by atoms with Crippen LogP contribution < -0.4 is 5.56 Å². The van der Waals surface area contributed by atoms with Crippen molar-refractivity contribution in [2.45, 2.75) is 0 Å². The molecule has 0 aliphatic carbocycles. The monoisotopic (exact) mass is 280 g/mol. The summed E-state index contributed by atoms with van der Waals surface area (Å²) in [5, 5.41) is 8.85. The first-order valence-corrected chi connectivity index (χ1v) is 6.59. The van der Waals surface area contributed by atoms with Gasteiger partial charge >= 0.3 is 0 Å². The number of thiazole rings is 1. The van der Waals surface area contributed by atoms with Crippen molar-refractivity contribution in [1.29, 1.82) is 5.26 Å². The van der Waals surface area contributed by atoms with Crippen molar-refractivity contribution in [2.75, 3.05) is 0 Å². The Hall–Kier alpha value is -2.78. The van der Waals surface area contributed by atoms with E-state index in [1.807, 2.05) is 24.3 Å². The molecular formula is C14H8N4OS. The molecule has 3 rings (SSSR count). The Balaban J connectivity index is 2.03. The Morgan fingerprint density at radius 1 is 1.40 bits per heavy atom. The molecule has 20 heavy (non-hydrogen) atoms. The van der Waals surface area contributed by atoms with E-state index in [9.17, 15) is 4.79 Å². The van der Waals surface area contributed by atoms with Crippen LogP contribution in [0.4, 0.5) is 0 Å². The van der Waals surface area contributed by atoms with E-state index in [1.165, 1.54) is 28.0 Å². The maximum atomic E-state index is 11.9. The number of hydrogen-bond acceptors (Lipinski definition) is 5. The van der Waals surface area contributed by atoms with Crippen LogP contribution in [0.2, 0.25) is 0 Å². The van der Waals surface area contributed by atoms with Crippen molar-refractivity contribution >= 4 is 28.4 Å². The third kappa shape index (κ3) is 2.35. The standard InChI is InChI=1S/C14H8N4OS/c15-7-12-9-18-13(19)6-11(17-14(18)20-12)4-3-10-2-1-5-16-8-10/h1-6,8-9H/b4-3+. The Morgan fingerprint density at radius 3 is 3.05 bits per heavy atom. The minimum absolute atomic E-state index is 0.196. The molecule has 5 nitrogen and oxygen atoms in total. The Bertz CT molecular complexity index is 887. The van der Waals surface area contributed by atoms with Gasteiger partial charge in [-0.05, 0) is 17.7 Å². The third-order valence-electron chi connectivity index (χ3n) is 2.63. The Labute approximate surface area is 118 Å². The number of nitrogens with zero attached hydrogens (tertiary/aromatic N) is 4. The minimum atomic E-state index is -0.196. The van der Waals surface area contributed by atoms with Crippen LogP contribution in [-0.2, 0) is 0 Å². The molecular weight excluding hydrogens is 272 g/mol. The van der Waals surface area contributed by atoms with Gasteiger partial charge in [0.05, 0.1) is 5.69 Å². The smallest absolute Gasteiger partial charge is 0.259 e. The molecule has 0 aromatic carbocycles. The molecule has 0 fully saturated rings. The van der Waals surface area contributed by atoms with Crippen LogP contribution in [0.1, 0.15) is 16.1 Å². The van der Waals surface area contributed by atoms with Crippen LogP contribution in [0.3, 0.4) is 0 Å². The molecule has 0 N–H and O–H groups in total. The van der Waals surface area contributed by atoms with E-state index < -0.39 is 0 Å². The largest absolute Gasteiger partial charge is 0.269 e. The number of rotatable bonds is 2. The predicted octanol–water partition coefficient (Wildman–Crippen LogP) is 2.19. The van der Waals surface area contributed by atoms with Gasteiger partial charge in [-0.1, -0.05) is 23.5 Å². The molecule has 3 heterocycles. The van der Waals surface area contributed by atoms with Gasteiger partial charge in [0.2, 0.25) is 0 Å². The van der Waals surface area contributed by atoms with Crippen molar-refractivity contribution in [2.24, 2.45) is 0 Å². The molecule has 0 spiro atoms. The van der Waals surface area contributed by atoms with Crippen molar-refractivity contribution < 1.29 is 0 Å². The molecule has 0 unspecified atom stereocenters. The van der Waals surface area contributed by atoms with Gasteiger partial charge in [-0.3, -0.25) is 14.2 Å². The van der Waals surface area contributed by atoms with Crippen LogP contribution in [0.25, 0.3) is 17.1 Å². The highest BCUT2D eigenvalue weighted by atomic mass is 32.1. The van der Waals surface area contributed by atoms with Crippen molar-refractivity contribution in [3.63, 3.8) is 0 Å². The van der Waals surface area contributed by atoms with Crippen LogP contribution in [-0.4, -0.2) is 14.4 Å². The normalized spacial score (nSPS) is 10.9. The van der Waals surface area contributed by atoms with Crippen LogP contribution in [0, 0.1) is 11.3 Å². The minimum Gasteiger partial charge on any atom is -0.269 e. The van der Waals surface area contributed by atoms with Gasteiger partial charge in [0.25, 0.3) is 5.56 Å². The molecule has 0 atom stereocenters. The van der Waals surface area contributed by atoms with Gasteiger partial charge in [-0.2, -0.15) is 5.26 Å². The fourth-order valence-corrected chi connectivity index (χ4v) is 2.51. The molecule has 0 radical (unpaired) electrons. The molecule has 6 heteroatoms. The fourth-order valence-electron chi connectivity index (χ4n) is 1.71. The van der Waals surface area contributed by atoms with E-state index in [0.717, 1.165) is 5.56 Å². The summed E-state index contributed by atoms with van der Waals surface area (Å²) in [4.78, 5) is 21.2. The molecule has 0 amide bonds. The number of pyridine rings is 1. The predicted molar refractivity (Wildman–Crippen MR) is 77.2 cm³/mol. The van der Waals surface area contributed by atoms with Gasteiger partial charge in [0.1, 0.15) is 10.9 Å². The molecule has 0 saturated heterocycles. The zero-order chi connectivity index (χ0) is 13.9. The van der Waals surface area contributed by atoms with E-state index in [-0.39, 0.29) is 5.56 Å². The molecule has 3 aromatic rings. The average Bonchev–Trinajstić information content (AvgIpc) is 2.90. The summed E-state index contributed by atoms with van der Waals surface area (Å²) in [7, 11) is 0. The van der Waals surface area contributed by atoms with Crippen LogP contribution in [0.15, 0.2) is 41.6 Å². The lowest BCUT2D eigenvalue weighted by Crippen LogP contribution is -2.11. The first kappa shape index (κ1) is 12.3. The van der Waals surface area contributed by atoms with Gasteiger partial charge in [-0.15, -0.1) is 0 Å². The second-order valence-corrected chi connectivity index (χ2v) is 5.01. The van der Waals surface area contributed by atoms with Crippen molar-refractivity contribution in [3.8, 4) is 6.07 Å². The number of hydrogen-bond donors (Lipinski definition) is 0. The molecule has 0 aliphatic heterocycles. The van der Waals surface area contributed by atoms with E-state index >= 15 is 0 Å². The summed E-state index contributed by atoms with van der Waals surface area (Å²) in [5.41, 5.74) is 1.29. The molecule has 0 saturated carbocycles. The summed E-state index contributed by atoms with van der Waals surface area (Å²) in [6, 6.07) is 7.20. The summed E-state index contributed by atoms with van der Waals surface area (Å²) in [5.74, 6) is 0. The zero-order valence-corrected chi connectivity index (χ0v) is 11.0. The maximum absolute atomic E-state index is 11.9. The Kier molecular flexibility index (Phi) is 3.11. The highest BCUT2D eigenvalue weighted by Gasteiger charge is 2.05. The number of aromatic nitrogens is 3. The van der Waals surface area contributed by atoms with Gasteiger partial charge in [0.15, 0.2) is 4.96 Å². The summed E-state index contributed by atoms with van der Waals surface area (Å²) in [6.07, 6.45) is 8.52. The van der Waals surface area contributed by atoms with E-state index in [4.69, 9.17) is 5.26 Å². The van der Waals surface area contributed by atoms with Crippen LogP contribution in [0.5, 0.6) is 0 Å². The molecule has 96 valence electrons. The van der Waals surface area contributed by atoms with Crippen LogP contribution >= 0.6 is 11.3 Å². The highest BCUT2D eigenvalue weighted by molar-refractivity contribution is 7.17. The number of nitriles is 1. The van der Waals surface area contributed by atoms with Gasteiger partial charge in [0, 0.05) is 24.7 Å². The lowest BCUT2D eigenvalue weighted by Gasteiger charge is -1.95. The van der Waals surface area contributed by atoms with Gasteiger partial charge < -0.3 is 0 Å². The van der Waals surface area contributed by atoms with Gasteiger partial charge in [-0.25, -0.2) is 4.98 Å². The lowest BCUT2D eigenvalue weighted by molar-refractivity contribution is 1.07. The van der Waals surface area contributed by atoms with E-state index in [2.05, 4.69) is 9.97 Å². The average molecular weight is 280 g/mol. The quantitative estimate of drug-likeness (QED) is 0.721. The summed E-state index contributed by atoms with van der Waals surface area (Å²) in [6.45, 7) is 0. The molecule has 3 aromatic heterocycles. The maximum Gasteiger partial charge on any atom is 0.259 e. The second kappa shape index (κ2) is 5.07. The summed E-state index contributed by atoms with van der Waals surface area (Å²) < 4.78 is 1.38. The molecule has 0 bridgehead atoms.